The quantitative estimate of drug-likeness (QED) is 0.804. The van der Waals surface area contributed by atoms with E-state index in [1.807, 2.05) is 43.3 Å². The Labute approximate surface area is 132 Å². The Morgan fingerprint density at radius 2 is 2.05 bits per heavy atom. The first-order chi connectivity index (χ1) is 10.7. The largest absolute Gasteiger partial charge is 0.347 e. The van der Waals surface area contributed by atoms with E-state index in [2.05, 4.69) is 19.9 Å². The third-order valence-electron chi connectivity index (χ3n) is 3.20. The number of carbonyl (C=O) groups excluding carboxylic acids is 1. The molecule has 0 saturated carbocycles. The predicted octanol–water partition coefficient (Wildman–Crippen LogP) is 2.84. The molecule has 2 aromatic heterocycles. The monoisotopic (exact) mass is 310 g/mol. The predicted molar refractivity (Wildman–Crippen MR) is 85.5 cm³/mol. The number of nitrogens with one attached hydrogen (secondary N) is 1. The second-order valence-electron chi connectivity index (χ2n) is 4.86. The van der Waals surface area contributed by atoms with E-state index < -0.39 is 0 Å². The topological polar surface area (TPSA) is 67.8 Å². The fraction of sp³-hybridized carbons (Fsp3) is 0.125. The Balaban J connectivity index is 1.76. The van der Waals surface area contributed by atoms with Crippen LogP contribution in [0, 0.1) is 6.92 Å². The van der Waals surface area contributed by atoms with E-state index >= 15 is 0 Å². The molecule has 5 nitrogen and oxygen atoms in total. The van der Waals surface area contributed by atoms with Crippen molar-refractivity contribution in [1.82, 2.24) is 19.9 Å². The van der Waals surface area contributed by atoms with Crippen LogP contribution in [0.3, 0.4) is 0 Å². The van der Waals surface area contributed by atoms with E-state index in [4.69, 9.17) is 0 Å². The number of hydrogen-bond donors (Lipinski definition) is 1. The molecular weight excluding hydrogens is 296 g/mol. The molecule has 0 unspecified atom stereocenters. The lowest BCUT2D eigenvalue weighted by molar-refractivity contribution is 0.0955. The number of pyridine rings is 1. The molecule has 0 aliphatic rings. The molecule has 0 saturated heterocycles. The average molecular weight is 310 g/mol. The minimum absolute atomic E-state index is 0.172. The van der Waals surface area contributed by atoms with Gasteiger partial charge in [0.1, 0.15) is 10.6 Å². The minimum atomic E-state index is -0.172. The number of benzene rings is 1. The molecule has 0 fully saturated rings. The summed E-state index contributed by atoms with van der Waals surface area (Å²) >= 11 is 1.10. The molecule has 0 spiro atoms. The van der Waals surface area contributed by atoms with E-state index in [0.717, 1.165) is 28.2 Å². The summed E-state index contributed by atoms with van der Waals surface area (Å²) in [4.78, 5) is 16.9. The summed E-state index contributed by atoms with van der Waals surface area (Å²) < 4.78 is 3.92. The van der Waals surface area contributed by atoms with E-state index in [1.54, 1.807) is 12.4 Å². The zero-order valence-corrected chi connectivity index (χ0v) is 12.8. The standard InChI is InChI=1S/C16H14N4OS/c1-11-4-6-13(7-5-11)14-15(22-20-19-14)16(21)18-10-12-3-2-8-17-9-12/h2-9H,10H2,1H3,(H,18,21). The smallest absolute Gasteiger partial charge is 0.265 e. The molecule has 3 aromatic rings. The summed E-state index contributed by atoms with van der Waals surface area (Å²) in [6.07, 6.45) is 3.43. The molecule has 2 heterocycles. The normalized spacial score (nSPS) is 10.4. The Morgan fingerprint density at radius 3 is 2.77 bits per heavy atom. The van der Waals surface area contributed by atoms with Crippen LogP contribution in [0.25, 0.3) is 11.3 Å². The summed E-state index contributed by atoms with van der Waals surface area (Å²) in [5.41, 5.74) is 3.62. The van der Waals surface area contributed by atoms with Crippen molar-refractivity contribution in [2.24, 2.45) is 0 Å². The molecule has 110 valence electrons. The van der Waals surface area contributed by atoms with Crippen LogP contribution in [-0.2, 0) is 6.54 Å². The Bertz CT molecular complexity index is 768. The fourth-order valence-electron chi connectivity index (χ4n) is 2.01. The lowest BCUT2D eigenvalue weighted by Gasteiger charge is -2.05. The SMILES string of the molecule is Cc1ccc(-c2nnsc2C(=O)NCc2cccnc2)cc1. The summed E-state index contributed by atoms with van der Waals surface area (Å²) in [7, 11) is 0. The third-order valence-corrected chi connectivity index (χ3v) is 3.92. The van der Waals surface area contributed by atoms with Crippen LogP contribution in [0.2, 0.25) is 0 Å². The highest BCUT2D eigenvalue weighted by Gasteiger charge is 2.17. The first-order valence-electron chi connectivity index (χ1n) is 6.80. The Hall–Kier alpha value is -2.60. The van der Waals surface area contributed by atoms with Gasteiger partial charge in [-0.25, -0.2) is 0 Å². The van der Waals surface area contributed by atoms with Gasteiger partial charge in [0.15, 0.2) is 0 Å². The maximum Gasteiger partial charge on any atom is 0.265 e. The van der Waals surface area contributed by atoms with Gasteiger partial charge in [-0.15, -0.1) is 5.10 Å². The van der Waals surface area contributed by atoms with Crippen molar-refractivity contribution in [3.8, 4) is 11.3 Å². The van der Waals surface area contributed by atoms with Crippen molar-refractivity contribution in [3.05, 3.63) is 64.8 Å². The van der Waals surface area contributed by atoms with Crippen LogP contribution in [0.4, 0.5) is 0 Å². The van der Waals surface area contributed by atoms with Crippen molar-refractivity contribution in [2.45, 2.75) is 13.5 Å². The molecule has 1 amide bonds. The van der Waals surface area contributed by atoms with E-state index in [-0.39, 0.29) is 5.91 Å². The highest BCUT2D eigenvalue weighted by molar-refractivity contribution is 7.08. The van der Waals surface area contributed by atoms with E-state index in [0.29, 0.717) is 17.1 Å². The Kier molecular flexibility index (Phi) is 4.20. The lowest BCUT2D eigenvalue weighted by atomic mass is 10.1. The number of aromatic nitrogens is 3. The molecule has 1 N–H and O–H groups in total. The summed E-state index contributed by atoms with van der Waals surface area (Å²) in [5, 5.41) is 6.96. The van der Waals surface area contributed by atoms with Crippen molar-refractivity contribution >= 4 is 17.4 Å². The number of rotatable bonds is 4. The molecule has 0 atom stereocenters. The first kappa shape index (κ1) is 14.3. The molecule has 0 radical (unpaired) electrons. The number of amides is 1. The summed E-state index contributed by atoms with van der Waals surface area (Å²) in [5.74, 6) is -0.172. The average Bonchev–Trinajstić information content (AvgIpc) is 3.04. The molecule has 3 rings (SSSR count). The zero-order valence-electron chi connectivity index (χ0n) is 12.0. The van der Waals surface area contributed by atoms with Crippen molar-refractivity contribution in [3.63, 3.8) is 0 Å². The van der Waals surface area contributed by atoms with Gasteiger partial charge in [0.2, 0.25) is 0 Å². The number of hydrogen-bond acceptors (Lipinski definition) is 5. The highest BCUT2D eigenvalue weighted by atomic mass is 32.1. The van der Waals surface area contributed by atoms with E-state index in [1.165, 1.54) is 0 Å². The maximum atomic E-state index is 12.3. The van der Waals surface area contributed by atoms with Gasteiger partial charge >= 0.3 is 0 Å². The van der Waals surface area contributed by atoms with Gasteiger partial charge in [0.05, 0.1) is 0 Å². The van der Waals surface area contributed by atoms with Crippen LogP contribution >= 0.6 is 11.5 Å². The molecule has 0 bridgehead atoms. The number of aryl methyl sites for hydroxylation is 1. The van der Waals surface area contributed by atoms with Gasteiger partial charge in [-0.3, -0.25) is 9.78 Å². The maximum absolute atomic E-state index is 12.3. The molecule has 1 aromatic carbocycles. The van der Waals surface area contributed by atoms with Crippen LogP contribution in [-0.4, -0.2) is 20.5 Å². The van der Waals surface area contributed by atoms with Crippen molar-refractivity contribution in [2.75, 3.05) is 0 Å². The second-order valence-corrected chi connectivity index (χ2v) is 5.61. The van der Waals surface area contributed by atoms with Gasteiger partial charge in [0.25, 0.3) is 5.91 Å². The molecule has 22 heavy (non-hydrogen) atoms. The van der Waals surface area contributed by atoms with Crippen LogP contribution in [0.1, 0.15) is 20.8 Å². The molecule has 0 aliphatic carbocycles. The zero-order chi connectivity index (χ0) is 15.4. The van der Waals surface area contributed by atoms with Crippen molar-refractivity contribution in [1.29, 1.82) is 0 Å². The molecule has 6 heteroatoms. The van der Waals surface area contributed by atoms with Crippen LogP contribution in [0.15, 0.2) is 48.8 Å². The molecule has 0 aliphatic heterocycles. The van der Waals surface area contributed by atoms with Gasteiger partial charge in [0, 0.05) is 24.5 Å². The van der Waals surface area contributed by atoms with Gasteiger partial charge in [-0.2, -0.15) is 0 Å². The lowest BCUT2D eigenvalue weighted by Crippen LogP contribution is -2.22. The van der Waals surface area contributed by atoms with Gasteiger partial charge in [-0.1, -0.05) is 40.4 Å². The van der Waals surface area contributed by atoms with E-state index in [9.17, 15) is 4.79 Å². The summed E-state index contributed by atoms with van der Waals surface area (Å²) in [6, 6.07) is 11.6. The van der Waals surface area contributed by atoms with Gasteiger partial charge < -0.3 is 5.32 Å². The first-order valence-corrected chi connectivity index (χ1v) is 7.58. The Morgan fingerprint density at radius 1 is 1.23 bits per heavy atom. The number of carbonyl (C=O) groups is 1. The molecular formula is C16H14N4OS. The fourth-order valence-corrected chi connectivity index (χ4v) is 2.61. The number of nitrogens with zero attached hydrogens (tertiary/aromatic N) is 3. The second kappa shape index (κ2) is 6.44. The van der Waals surface area contributed by atoms with Crippen LogP contribution < -0.4 is 5.32 Å². The van der Waals surface area contributed by atoms with Gasteiger partial charge in [-0.05, 0) is 30.1 Å². The van der Waals surface area contributed by atoms with Crippen LogP contribution in [0.5, 0.6) is 0 Å². The van der Waals surface area contributed by atoms with Crippen molar-refractivity contribution < 1.29 is 4.79 Å². The summed E-state index contributed by atoms with van der Waals surface area (Å²) in [6.45, 7) is 2.45. The third kappa shape index (κ3) is 3.17. The highest BCUT2D eigenvalue weighted by Crippen LogP contribution is 2.24. The minimum Gasteiger partial charge on any atom is -0.347 e.